The third-order valence-electron chi connectivity index (χ3n) is 2.56. The van der Waals surface area contributed by atoms with E-state index >= 15 is 0 Å². The topological polar surface area (TPSA) is 86.1 Å². The van der Waals surface area contributed by atoms with Gasteiger partial charge in [0.05, 0.1) is 11.3 Å². The number of nitrogens with one attached hydrogen (secondary N) is 1. The Kier molecular flexibility index (Phi) is 5.73. The molecule has 0 spiro atoms. The standard InChI is InChI=1S/C12H18N4O2S/c1-16(8-9-19(2,17)18)7-6-15-12-11(10-13)4-3-5-14-12/h3-5H,6-9H2,1-2H3,(H,14,15). The van der Waals surface area contributed by atoms with Crippen molar-refractivity contribution in [3.63, 3.8) is 0 Å². The summed E-state index contributed by atoms with van der Waals surface area (Å²) in [5, 5.41) is 12.0. The van der Waals surface area contributed by atoms with Crippen molar-refractivity contribution in [3.05, 3.63) is 23.9 Å². The second-order valence-electron chi connectivity index (χ2n) is 4.37. The Bertz CT molecular complexity index is 551. The van der Waals surface area contributed by atoms with Crippen molar-refractivity contribution in [2.45, 2.75) is 0 Å². The number of hydrogen-bond donors (Lipinski definition) is 1. The number of aromatic nitrogens is 1. The van der Waals surface area contributed by atoms with Crippen molar-refractivity contribution >= 4 is 15.7 Å². The maximum Gasteiger partial charge on any atom is 0.148 e. The van der Waals surface area contributed by atoms with Crippen molar-refractivity contribution in [3.8, 4) is 6.07 Å². The lowest BCUT2D eigenvalue weighted by Crippen LogP contribution is -2.30. The molecule has 0 saturated carbocycles. The SMILES string of the molecule is CN(CCNc1ncccc1C#N)CCS(C)(=O)=O. The van der Waals surface area contributed by atoms with E-state index in [-0.39, 0.29) is 5.75 Å². The number of sulfone groups is 1. The van der Waals surface area contributed by atoms with Gasteiger partial charge < -0.3 is 10.2 Å². The Morgan fingerprint density at radius 1 is 1.47 bits per heavy atom. The summed E-state index contributed by atoms with van der Waals surface area (Å²) < 4.78 is 22.1. The number of pyridine rings is 1. The van der Waals surface area contributed by atoms with Crippen LogP contribution in [0.5, 0.6) is 0 Å². The maximum absolute atomic E-state index is 11.0. The first kappa shape index (κ1) is 15.4. The quantitative estimate of drug-likeness (QED) is 0.776. The van der Waals surface area contributed by atoms with Crippen LogP contribution in [0.4, 0.5) is 5.82 Å². The van der Waals surface area contributed by atoms with Gasteiger partial charge in [0.15, 0.2) is 0 Å². The normalized spacial score (nSPS) is 11.3. The summed E-state index contributed by atoms with van der Waals surface area (Å²) in [6.07, 6.45) is 2.85. The largest absolute Gasteiger partial charge is 0.368 e. The van der Waals surface area contributed by atoms with E-state index in [2.05, 4.69) is 16.4 Å². The third-order valence-corrected chi connectivity index (χ3v) is 3.48. The van der Waals surface area contributed by atoms with Crippen molar-refractivity contribution in [1.29, 1.82) is 5.26 Å². The van der Waals surface area contributed by atoms with E-state index in [0.29, 0.717) is 31.0 Å². The van der Waals surface area contributed by atoms with Gasteiger partial charge in [-0.25, -0.2) is 13.4 Å². The summed E-state index contributed by atoms with van der Waals surface area (Å²) in [7, 11) is -1.07. The summed E-state index contributed by atoms with van der Waals surface area (Å²) >= 11 is 0. The fourth-order valence-electron chi connectivity index (χ4n) is 1.44. The lowest BCUT2D eigenvalue weighted by atomic mass is 10.3. The monoisotopic (exact) mass is 282 g/mol. The van der Waals surface area contributed by atoms with E-state index in [9.17, 15) is 8.42 Å². The second kappa shape index (κ2) is 7.07. The molecule has 0 bridgehead atoms. The molecule has 0 atom stereocenters. The van der Waals surface area contributed by atoms with E-state index in [4.69, 9.17) is 5.26 Å². The van der Waals surface area contributed by atoms with Crippen LogP contribution < -0.4 is 5.32 Å². The molecule has 1 aromatic rings. The van der Waals surface area contributed by atoms with Crippen LogP contribution in [0.3, 0.4) is 0 Å². The van der Waals surface area contributed by atoms with E-state index < -0.39 is 9.84 Å². The molecule has 1 rings (SSSR count). The number of likely N-dealkylation sites (N-methyl/N-ethyl adjacent to an activating group) is 1. The molecule has 1 aromatic heterocycles. The molecule has 0 aliphatic heterocycles. The van der Waals surface area contributed by atoms with Gasteiger partial charge in [-0.1, -0.05) is 0 Å². The van der Waals surface area contributed by atoms with Gasteiger partial charge in [0, 0.05) is 32.1 Å². The summed E-state index contributed by atoms with van der Waals surface area (Å²) in [5.41, 5.74) is 0.501. The molecular formula is C12H18N4O2S. The highest BCUT2D eigenvalue weighted by atomic mass is 32.2. The zero-order valence-electron chi connectivity index (χ0n) is 11.1. The number of hydrogen-bond acceptors (Lipinski definition) is 6. The number of rotatable bonds is 7. The van der Waals surface area contributed by atoms with Crippen LogP contribution in [-0.2, 0) is 9.84 Å². The summed E-state index contributed by atoms with van der Waals surface area (Å²) in [6, 6.07) is 5.47. The molecule has 6 nitrogen and oxygen atoms in total. The van der Waals surface area contributed by atoms with Crippen LogP contribution in [0.25, 0.3) is 0 Å². The second-order valence-corrected chi connectivity index (χ2v) is 6.63. The fourth-order valence-corrected chi connectivity index (χ4v) is 2.08. The lowest BCUT2D eigenvalue weighted by molar-refractivity contribution is 0.367. The predicted molar refractivity (Wildman–Crippen MR) is 74.6 cm³/mol. The molecule has 0 amide bonds. The predicted octanol–water partition coefficient (Wildman–Crippen LogP) is 0.342. The first-order valence-electron chi connectivity index (χ1n) is 5.87. The highest BCUT2D eigenvalue weighted by Gasteiger charge is 2.06. The average molecular weight is 282 g/mol. The van der Waals surface area contributed by atoms with Gasteiger partial charge in [0.2, 0.25) is 0 Å². The van der Waals surface area contributed by atoms with E-state index in [1.807, 2.05) is 11.9 Å². The van der Waals surface area contributed by atoms with Crippen molar-refractivity contribution in [2.75, 3.05) is 44.0 Å². The molecule has 0 aromatic carbocycles. The number of nitrogens with zero attached hydrogens (tertiary/aromatic N) is 3. The minimum atomic E-state index is -2.92. The first-order chi connectivity index (χ1) is 8.92. The van der Waals surface area contributed by atoms with Gasteiger partial charge in [-0.3, -0.25) is 0 Å². The van der Waals surface area contributed by atoms with E-state index in [1.54, 1.807) is 18.3 Å². The number of nitriles is 1. The zero-order valence-corrected chi connectivity index (χ0v) is 11.9. The highest BCUT2D eigenvalue weighted by molar-refractivity contribution is 7.90. The van der Waals surface area contributed by atoms with Crippen LogP contribution in [0, 0.1) is 11.3 Å². The Morgan fingerprint density at radius 3 is 2.84 bits per heavy atom. The van der Waals surface area contributed by atoms with Crippen LogP contribution in [-0.4, -0.2) is 57.0 Å². The first-order valence-corrected chi connectivity index (χ1v) is 7.93. The lowest BCUT2D eigenvalue weighted by Gasteiger charge is -2.16. The summed E-state index contributed by atoms with van der Waals surface area (Å²) in [5.74, 6) is 0.706. The fraction of sp³-hybridized carbons (Fsp3) is 0.500. The molecule has 7 heteroatoms. The Labute approximate surface area is 114 Å². The number of anilines is 1. The smallest absolute Gasteiger partial charge is 0.148 e. The van der Waals surface area contributed by atoms with E-state index in [0.717, 1.165) is 0 Å². The van der Waals surface area contributed by atoms with Crippen LogP contribution in [0.15, 0.2) is 18.3 Å². The van der Waals surface area contributed by atoms with Gasteiger partial charge in [-0.15, -0.1) is 0 Å². The van der Waals surface area contributed by atoms with Crippen LogP contribution in [0.1, 0.15) is 5.56 Å². The van der Waals surface area contributed by atoms with Gasteiger partial charge in [0.1, 0.15) is 21.7 Å². The molecular weight excluding hydrogens is 264 g/mol. The molecule has 0 saturated heterocycles. The molecule has 104 valence electrons. The molecule has 1 heterocycles. The zero-order chi connectivity index (χ0) is 14.3. The molecule has 0 aliphatic carbocycles. The van der Waals surface area contributed by atoms with Crippen LogP contribution >= 0.6 is 0 Å². The molecule has 19 heavy (non-hydrogen) atoms. The Morgan fingerprint density at radius 2 is 2.21 bits per heavy atom. The molecule has 0 aliphatic rings. The average Bonchev–Trinajstić information content (AvgIpc) is 2.36. The van der Waals surface area contributed by atoms with Crippen molar-refractivity contribution in [2.24, 2.45) is 0 Å². The minimum Gasteiger partial charge on any atom is -0.368 e. The molecule has 0 radical (unpaired) electrons. The molecule has 0 fully saturated rings. The maximum atomic E-state index is 11.0. The Hall–Kier alpha value is -1.65. The van der Waals surface area contributed by atoms with Crippen LogP contribution in [0.2, 0.25) is 0 Å². The molecule has 1 N–H and O–H groups in total. The van der Waals surface area contributed by atoms with E-state index in [1.165, 1.54) is 6.26 Å². The summed E-state index contributed by atoms with van der Waals surface area (Å²) in [6.45, 7) is 1.77. The van der Waals surface area contributed by atoms with Gasteiger partial charge >= 0.3 is 0 Å². The van der Waals surface area contributed by atoms with Gasteiger partial charge in [0.25, 0.3) is 0 Å². The Balaban J connectivity index is 2.36. The van der Waals surface area contributed by atoms with Gasteiger partial charge in [-0.2, -0.15) is 5.26 Å². The van der Waals surface area contributed by atoms with Gasteiger partial charge in [-0.05, 0) is 19.2 Å². The van der Waals surface area contributed by atoms with Crippen molar-refractivity contribution < 1.29 is 8.42 Å². The summed E-state index contributed by atoms with van der Waals surface area (Å²) in [4.78, 5) is 6.00. The third kappa shape index (κ3) is 6.18. The highest BCUT2D eigenvalue weighted by Crippen LogP contribution is 2.08. The van der Waals surface area contributed by atoms with Crippen molar-refractivity contribution in [1.82, 2.24) is 9.88 Å². The molecule has 0 unspecified atom stereocenters. The minimum absolute atomic E-state index is 0.149.